The molecule has 49 heavy (non-hydrogen) atoms. The number of likely N-dealkylation sites (tertiary alicyclic amines) is 1. The number of nitrogens with zero attached hydrogens (tertiary/aromatic N) is 5. The molecule has 4 atom stereocenters. The first-order chi connectivity index (χ1) is 23.7. The van der Waals surface area contributed by atoms with Crippen molar-refractivity contribution in [3.63, 3.8) is 0 Å². The Hall–Kier alpha value is -3.97. The molecule has 4 fully saturated rings. The van der Waals surface area contributed by atoms with Gasteiger partial charge in [-0.05, 0) is 68.6 Å². The molecule has 13 heteroatoms. The van der Waals surface area contributed by atoms with Gasteiger partial charge in [0.15, 0.2) is 5.82 Å². The smallest absolute Gasteiger partial charge is 0.320 e. The number of ether oxygens (including phenoxy) is 1. The van der Waals surface area contributed by atoms with E-state index in [1.807, 2.05) is 13.0 Å². The number of carbonyl (C=O) groups is 3. The Kier molecular flexibility index (Phi) is 9.65. The zero-order valence-corrected chi connectivity index (χ0v) is 28.9. The Morgan fingerprint density at radius 3 is 2.47 bits per heavy atom. The van der Waals surface area contributed by atoms with Crippen molar-refractivity contribution in [2.45, 2.75) is 101 Å². The van der Waals surface area contributed by atoms with Crippen LogP contribution in [0.25, 0.3) is 0 Å². The van der Waals surface area contributed by atoms with E-state index in [4.69, 9.17) is 9.72 Å². The molecule has 13 nitrogen and oxygen atoms in total. The van der Waals surface area contributed by atoms with Gasteiger partial charge in [-0.15, -0.1) is 0 Å². The standard InChI is InChI=1S/C36H50N8O5/c1-4-28-34(46)42(2)29-18-37-36(41-32(29)44(28)23-11-7-8-12-23)39-26-14-13-21(17-30(26)49-3)33(45)40-31-24-19-43(20-25(24)31)16-15-27(35(47)48)38-22-9-5-6-10-22/h13-14,17-18,22-25,27-28,31,38H,4-12,15-16,19-20H2,1-3H3,(H,40,45)(H,47,48)(H,37,39,41)/t24?,25?,27-,28+,31?/m0/s1. The number of aliphatic carboxylic acids is 1. The SMILES string of the molecule is CC[C@@H]1C(=O)N(C)c2cnc(Nc3ccc(C(=O)NC4C5CN(CC[C@H](NC6CCCC6)C(=O)O)CC54)cc3OC)nc2N1C1CCCC1. The Morgan fingerprint density at radius 1 is 1.08 bits per heavy atom. The number of methoxy groups -OCH3 is 1. The van der Waals surface area contributed by atoms with Gasteiger partial charge >= 0.3 is 5.97 Å². The van der Waals surface area contributed by atoms with Crippen LogP contribution < -0.4 is 30.5 Å². The zero-order valence-electron chi connectivity index (χ0n) is 28.9. The van der Waals surface area contributed by atoms with Gasteiger partial charge < -0.3 is 40.5 Å². The number of carbonyl (C=O) groups excluding carboxylic acids is 2. The summed E-state index contributed by atoms with van der Waals surface area (Å²) in [4.78, 5) is 54.1. The van der Waals surface area contributed by atoms with Gasteiger partial charge in [0, 0.05) is 50.4 Å². The number of hydrogen-bond acceptors (Lipinski definition) is 10. The van der Waals surface area contributed by atoms with E-state index in [0.29, 0.717) is 59.4 Å². The van der Waals surface area contributed by atoms with E-state index in [9.17, 15) is 19.5 Å². The third-order valence-corrected chi connectivity index (χ3v) is 11.5. The minimum absolute atomic E-state index is 0.0742. The molecule has 1 saturated heterocycles. The monoisotopic (exact) mass is 674 g/mol. The van der Waals surface area contributed by atoms with Crippen LogP contribution in [0.3, 0.4) is 0 Å². The summed E-state index contributed by atoms with van der Waals surface area (Å²) in [7, 11) is 3.36. The Balaban J connectivity index is 0.959. The number of benzene rings is 1. The molecule has 0 radical (unpaired) electrons. The first-order valence-electron chi connectivity index (χ1n) is 18.2. The average molecular weight is 675 g/mol. The van der Waals surface area contributed by atoms with Crippen LogP contribution in [0.1, 0.15) is 81.5 Å². The summed E-state index contributed by atoms with van der Waals surface area (Å²) in [5, 5.41) is 19.6. The molecule has 1 aromatic carbocycles. The zero-order chi connectivity index (χ0) is 34.2. The molecule has 2 unspecified atom stereocenters. The molecule has 0 spiro atoms. The average Bonchev–Trinajstić information content (AvgIpc) is 3.67. The van der Waals surface area contributed by atoms with Crippen LogP contribution in [-0.2, 0) is 9.59 Å². The minimum atomic E-state index is -0.769. The van der Waals surface area contributed by atoms with Crippen LogP contribution in [0.2, 0.25) is 0 Å². The maximum absolute atomic E-state index is 13.3. The lowest BCUT2D eigenvalue weighted by molar-refractivity contribution is -0.140. The van der Waals surface area contributed by atoms with Gasteiger partial charge in [0.1, 0.15) is 23.5 Å². The fourth-order valence-corrected chi connectivity index (χ4v) is 8.71. The van der Waals surface area contributed by atoms with Gasteiger partial charge in [0.05, 0.1) is 19.0 Å². The second-order valence-corrected chi connectivity index (χ2v) is 14.5. The number of nitrogens with one attached hydrogen (secondary N) is 3. The van der Waals surface area contributed by atoms with E-state index in [1.165, 1.54) is 12.8 Å². The van der Waals surface area contributed by atoms with E-state index < -0.39 is 12.0 Å². The molecule has 4 N–H and O–H groups in total. The van der Waals surface area contributed by atoms with Crippen molar-refractivity contribution in [3.05, 3.63) is 30.0 Å². The second kappa shape index (κ2) is 14.1. The molecule has 2 amide bonds. The van der Waals surface area contributed by atoms with Gasteiger partial charge in [-0.1, -0.05) is 32.6 Å². The Bertz CT molecular complexity index is 1550. The Labute approximate surface area is 288 Å². The number of likely N-dealkylation sites (N-methyl/N-ethyl adjacent to an activating group) is 1. The molecular formula is C36H50N8O5. The summed E-state index contributed by atoms with van der Waals surface area (Å²) in [6, 6.07) is 5.28. The summed E-state index contributed by atoms with van der Waals surface area (Å²) >= 11 is 0. The van der Waals surface area contributed by atoms with Crippen LogP contribution in [0.15, 0.2) is 24.4 Å². The van der Waals surface area contributed by atoms with Crippen LogP contribution >= 0.6 is 0 Å². The number of aromatic nitrogens is 2. The number of carboxylic acids is 1. The molecular weight excluding hydrogens is 624 g/mol. The van der Waals surface area contributed by atoms with Gasteiger partial charge in [-0.25, -0.2) is 4.98 Å². The highest BCUT2D eigenvalue weighted by atomic mass is 16.5. The van der Waals surface area contributed by atoms with Crippen molar-refractivity contribution in [1.82, 2.24) is 25.5 Å². The molecule has 3 aliphatic carbocycles. The lowest BCUT2D eigenvalue weighted by Crippen LogP contribution is -2.55. The summed E-state index contributed by atoms with van der Waals surface area (Å²) in [5.41, 5.74) is 1.86. The van der Waals surface area contributed by atoms with Crippen LogP contribution in [0.5, 0.6) is 5.75 Å². The molecule has 7 rings (SSSR count). The summed E-state index contributed by atoms with van der Waals surface area (Å²) < 4.78 is 5.69. The molecule has 3 heterocycles. The second-order valence-electron chi connectivity index (χ2n) is 14.5. The molecule has 2 aliphatic heterocycles. The van der Waals surface area contributed by atoms with Crippen LogP contribution in [0, 0.1) is 11.8 Å². The van der Waals surface area contributed by atoms with E-state index in [1.54, 1.807) is 37.4 Å². The number of anilines is 4. The van der Waals surface area contributed by atoms with Gasteiger partial charge in [-0.2, -0.15) is 4.98 Å². The highest BCUT2D eigenvalue weighted by molar-refractivity contribution is 6.04. The number of amides is 2. The Morgan fingerprint density at radius 2 is 1.80 bits per heavy atom. The third-order valence-electron chi connectivity index (χ3n) is 11.5. The van der Waals surface area contributed by atoms with E-state index in [2.05, 4.69) is 30.7 Å². The molecule has 3 saturated carbocycles. The van der Waals surface area contributed by atoms with Crippen molar-refractivity contribution >= 4 is 40.9 Å². The van der Waals surface area contributed by atoms with Crippen LogP contribution in [0.4, 0.5) is 23.1 Å². The highest BCUT2D eigenvalue weighted by Gasteiger charge is 2.56. The predicted octanol–water partition coefficient (Wildman–Crippen LogP) is 3.77. The van der Waals surface area contributed by atoms with E-state index in [-0.39, 0.29) is 29.9 Å². The lowest BCUT2D eigenvalue weighted by atomic mass is 10.0. The quantitative estimate of drug-likeness (QED) is 0.246. The van der Waals surface area contributed by atoms with Gasteiger partial charge in [-0.3, -0.25) is 14.4 Å². The first kappa shape index (κ1) is 33.5. The normalized spacial score (nSPS) is 26.1. The number of carboxylic acid groups (broad SMARTS) is 1. The van der Waals surface area contributed by atoms with Crippen LogP contribution in [-0.4, -0.2) is 102 Å². The third kappa shape index (κ3) is 6.79. The minimum Gasteiger partial charge on any atom is -0.495 e. The highest BCUT2D eigenvalue weighted by Crippen LogP contribution is 2.46. The van der Waals surface area contributed by atoms with E-state index in [0.717, 1.165) is 64.0 Å². The van der Waals surface area contributed by atoms with Crippen molar-refractivity contribution in [1.29, 1.82) is 0 Å². The van der Waals surface area contributed by atoms with Gasteiger partial charge in [0.25, 0.3) is 5.91 Å². The number of piperidine rings is 1. The first-order valence-corrected chi connectivity index (χ1v) is 18.2. The van der Waals surface area contributed by atoms with Crippen molar-refractivity contribution in [2.24, 2.45) is 11.8 Å². The van der Waals surface area contributed by atoms with Crippen molar-refractivity contribution < 1.29 is 24.2 Å². The summed E-state index contributed by atoms with van der Waals surface area (Å²) in [5.74, 6) is 1.62. The van der Waals surface area contributed by atoms with Crippen molar-refractivity contribution in [3.8, 4) is 5.75 Å². The number of hydrogen-bond donors (Lipinski definition) is 4. The largest absolute Gasteiger partial charge is 0.495 e. The number of fused-ring (bicyclic) bond motifs is 2. The topological polar surface area (TPSA) is 152 Å². The fourth-order valence-electron chi connectivity index (χ4n) is 8.71. The summed E-state index contributed by atoms with van der Waals surface area (Å²) in [6.07, 6.45) is 11.9. The maximum Gasteiger partial charge on any atom is 0.320 e. The molecule has 5 aliphatic rings. The lowest BCUT2D eigenvalue weighted by Gasteiger charge is -2.43. The predicted molar refractivity (Wildman–Crippen MR) is 187 cm³/mol. The van der Waals surface area contributed by atoms with E-state index >= 15 is 0 Å². The summed E-state index contributed by atoms with van der Waals surface area (Å²) in [6.45, 7) is 4.54. The van der Waals surface area contributed by atoms with Gasteiger partial charge in [0.2, 0.25) is 11.9 Å². The molecule has 1 aromatic heterocycles. The maximum atomic E-state index is 13.3. The fraction of sp³-hybridized carbons (Fsp3) is 0.639. The number of rotatable bonds is 13. The molecule has 0 bridgehead atoms. The molecule has 264 valence electrons. The van der Waals surface area contributed by atoms with Crippen molar-refractivity contribution in [2.75, 3.05) is 48.9 Å². The molecule has 2 aromatic rings.